The fourth-order valence-electron chi connectivity index (χ4n) is 7.20. The lowest BCUT2D eigenvalue weighted by Gasteiger charge is -2.40. The van der Waals surface area contributed by atoms with Crippen molar-refractivity contribution in [3.8, 4) is 0 Å². The van der Waals surface area contributed by atoms with Gasteiger partial charge in [-0.15, -0.1) is 13.2 Å². The van der Waals surface area contributed by atoms with Gasteiger partial charge in [-0.3, -0.25) is 14.4 Å². The van der Waals surface area contributed by atoms with Crippen LogP contribution in [0.15, 0.2) is 55.6 Å². The van der Waals surface area contributed by atoms with Gasteiger partial charge in [-0.2, -0.15) is 0 Å². The van der Waals surface area contributed by atoms with Crippen molar-refractivity contribution in [1.82, 2.24) is 9.80 Å². The van der Waals surface area contributed by atoms with E-state index in [0.29, 0.717) is 32.2 Å². The van der Waals surface area contributed by atoms with Crippen LogP contribution in [-0.4, -0.2) is 81.7 Å². The molecule has 212 valence electrons. The molecule has 0 aromatic heterocycles. The lowest BCUT2D eigenvalue weighted by molar-refractivity contribution is -0.157. The van der Waals surface area contributed by atoms with Crippen LogP contribution < -0.4 is 4.90 Å². The van der Waals surface area contributed by atoms with E-state index in [-0.39, 0.29) is 36.9 Å². The predicted molar refractivity (Wildman–Crippen MR) is 151 cm³/mol. The summed E-state index contributed by atoms with van der Waals surface area (Å²) in [6.07, 6.45) is 5.46. The molecule has 39 heavy (non-hydrogen) atoms. The predicted octanol–water partition coefficient (Wildman–Crippen LogP) is 3.55. The van der Waals surface area contributed by atoms with E-state index in [4.69, 9.17) is 4.74 Å². The van der Waals surface area contributed by atoms with Crippen LogP contribution in [0.25, 0.3) is 0 Å². The number of benzene rings is 1. The van der Waals surface area contributed by atoms with Crippen LogP contribution in [0.1, 0.15) is 53.4 Å². The van der Waals surface area contributed by atoms with Crippen LogP contribution >= 0.6 is 0 Å². The van der Waals surface area contributed by atoms with Gasteiger partial charge in [0, 0.05) is 24.8 Å². The fourth-order valence-corrected chi connectivity index (χ4v) is 7.20. The molecule has 3 amide bonds. The average molecular weight is 538 g/mol. The third-order valence-electron chi connectivity index (χ3n) is 9.07. The molecule has 3 aliphatic heterocycles. The number of para-hydroxylation sites is 1. The van der Waals surface area contributed by atoms with Gasteiger partial charge in [0.1, 0.15) is 11.6 Å². The minimum atomic E-state index is -1.14. The largest absolute Gasteiger partial charge is 0.394 e. The third-order valence-corrected chi connectivity index (χ3v) is 9.07. The number of carbonyl (C=O) groups excluding carboxylic acids is 3. The Morgan fingerprint density at radius 2 is 1.79 bits per heavy atom. The number of aliphatic hydroxyl groups is 1. The van der Waals surface area contributed by atoms with Gasteiger partial charge in [-0.1, -0.05) is 44.2 Å². The normalized spacial score (nSPS) is 29.8. The van der Waals surface area contributed by atoms with Crippen LogP contribution in [-0.2, 0) is 19.1 Å². The molecule has 3 saturated heterocycles. The van der Waals surface area contributed by atoms with Crippen LogP contribution in [0.3, 0.4) is 0 Å². The lowest BCUT2D eigenvalue weighted by Crippen LogP contribution is -2.59. The van der Waals surface area contributed by atoms with Crippen molar-refractivity contribution >= 4 is 23.4 Å². The highest BCUT2D eigenvalue weighted by atomic mass is 16.5. The highest BCUT2D eigenvalue weighted by molar-refractivity contribution is 6.03. The molecule has 2 unspecified atom stereocenters. The zero-order chi connectivity index (χ0) is 28.5. The number of ether oxygens (including phenoxy) is 1. The van der Waals surface area contributed by atoms with Gasteiger partial charge in [-0.05, 0) is 51.7 Å². The molecule has 1 spiro atoms. The first-order chi connectivity index (χ1) is 18.7. The number of rotatable bonds is 12. The smallest absolute Gasteiger partial charge is 0.248 e. The first-order valence-corrected chi connectivity index (χ1v) is 14.2. The standard InChI is InChI=1S/C31H43N3O5/c1-7-18-32(21(5)6)29(38)26-31-17-16-30(10-4,39-31)24(25(31)28(37)34(26)22(9-3)20-35)27(36)33(19-8-2)23-14-12-11-13-15-23/h7-8,11-15,21-22,24-26,35H,1-2,9-10,16-20H2,3-6H3/t22-,24+,25-,26?,30-,31?/m0/s1. The summed E-state index contributed by atoms with van der Waals surface area (Å²) in [5.74, 6) is -2.27. The number of hydrogen-bond acceptors (Lipinski definition) is 5. The molecule has 3 aliphatic rings. The van der Waals surface area contributed by atoms with Crippen molar-refractivity contribution in [1.29, 1.82) is 0 Å². The molecule has 0 aliphatic carbocycles. The van der Waals surface area contributed by atoms with Crippen molar-refractivity contribution in [2.45, 2.75) is 82.7 Å². The number of aliphatic hydroxyl groups excluding tert-OH is 1. The zero-order valence-corrected chi connectivity index (χ0v) is 23.7. The average Bonchev–Trinajstić information content (AvgIpc) is 3.54. The monoisotopic (exact) mass is 537 g/mol. The zero-order valence-electron chi connectivity index (χ0n) is 23.7. The van der Waals surface area contributed by atoms with E-state index >= 15 is 0 Å². The molecule has 3 heterocycles. The maximum Gasteiger partial charge on any atom is 0.248 e. The van der Waals surface area contributed by atoms with Crippen molar-refractivity contribution in [3.63, 3.8) is 0 Å². The van der Waals surface area contributed by atoms with E-state index in [2.05, 4.69) is 13.2 Å². The quantitative estimate of drug-likeness (QED) is 0.412. The van der Waals surface area contributed by atoms with E-state index in [1.54, 1.807) is 26.9 Å². The van der Waals surface area contributed by atoms with Crippen LogP contribution in [0, 0.1) is 11.8 Å². The third kappa shape index (κ3) is 4.42. The second-order valence-electron chi connectivity index (χ2n) is 11.3. The summed E-state index contributed by atoms with van der Waals surface area (Å²) in [4.78, 5) is 48.2. The molecule has 4 rings (SSSR count). The Morgan fingerprint density at radius 3 is 2.33 bits per heavy atom. The van der Waals surface area contributed by atoms with Gasteiger partial charge in [0.05, 0.1) is 30.1 Å². The summed E-state index contributed by atoms with van der Waals surface area (Å²) in [5, 5.41) is 10.3. The van der Waals surface area contributed by atoms with Crippen molar-refractivity contribution in [3.05, 3.63) is 55.6 Å². The number of anilines is 1. The summed E-state index contributed by atoms with van der Waals surface area (Å²) >= 11 is 0. The Hall–Kier alpha value is -2.97. The molecule has 1 aromatic rings. The minimum Gasteiger partial charge on any atom is -0.394 e. The van der Waals surface area contributed by atoms with Crippen LogP contribution in [0.5, 0.6) is 0 Å². The number of carbonyl (C=O) groups is 3. The number of likely N-dealkylation sites (tertiary alicyclic amines) is 1. The molecule has 0 radical (unpaired) electrons. The van der Waals surface area contributed by atoms with E-state index in [1.807, 2.05) is 58.0 Å². The molecule has 3 fully saturated rings. The SMILES string of the molecule is C=CCN(C(=O)[C@H]1[C@H]2C(=O)N([C@@H](CC)CO)C(C(=O)N(CC=C)C(C)C)C23CC[C@]1(CC)O3)c1ccccc1. The van der Waals surface area contributed by atoms with E-state index in [0.717, 1.165) is 5.69 Å². The molecule has 2 bridgehead atoms. The number of amides is 3. The molecule has 8 heteroatoms. The van der Waals surface area contributed by atoms with E-state index in [1.165, 1.54) is 0 Å². The van der Waals surface area contributed by atoms with Gasteiger partial charge in [0.2, 0.25) is 17.7 Å². The van der Waals surface area contributed by atoms with Gasteiger partial charge in [0.15, 0.2) is 0 Å². The molecular formula is C31H43N3O5. The molecule has 8 nitrogen and oxygen atoms in total. The minimum absolute atomic E-state index is 0.130. The second kappa shape index (κ2) is 11.3. The Bertz CT molecular complexity index is 1100. The van der Waals surface area contributed by atoms with Crippen LogP contribution in [0.4, 0.5) is 5.69 Å². The van der Waals surface area contributed by atoms with Crippen molar-refractivity contribution in [2.24, 2.45) is 11.8 Å². The first kappa shape index (κ1) is 29.0. The van der Waals surface area contributed by atoms with Gasteiger partial charge in [0.25, 0.3) is 0 Å². The topological polar surface area (TPSA) is 90.4 Å². The first-order valence-electron chi connectivity index (χ1n) is 14.2. The molecule has 1 N–H and O–H groups in total. The summed E-state index contributed by atoms with van der Waals surface area (Å²) in [7, 11) is 0. The Kier molecular flexibility index (Phi) is 8.38. The Balaban J connectivity index is 1.86. The Morgan fingerprint density at radius 1 is 1.13 bits per heavy atom. The second-order valence-corrected chi connectivity index (χ2v) is 11.3. The fraction of sp³-hybridized carbons (Fsp3) is 0.581. The van der Waals surface area contributed by atoms with Gasteiger partial charge in [-0.25, -0.2) is 0 Å². The van der Waals surface area contributed by atoms with E-state index < -0.39 is 35.1 Å². The summed E-state index contributed by atoms with van der Waals surface area (Å²) < 4.78 is 6.91. The van der Waals surface area contributed by atoms with Crippen molar-refractivity contribution in [2.75, 3.05) is 24.6 Å². The van der Waals surface area contributed by atoms with Crippen LogP contribution in [0.2, 0.25) is 0 Å². The lowest BCUT2D eigenvalue weighted by atomic mass is 9.64. The molecule has 0 saturated carbocycles. The number of hydrogen-bond donors (Lipinski definition) is 1. The summed E-state index contributed by atoms with van der Waals surface area (Å²) in [6.45, 7) is 15.8. The highest BCUT2D eigenvalue weighted by Crippen LogP contribution is 2.65. The number of fused-ring (bicyclic) bond motifs is 1. The maximum atomic E-state index is 14.5. The van der Waals surface area contributed by atoms with E-state index in [9.17, 15) is 19.5 Å². The van der Waals surface area contributed by atoms with Crippen molar-refractivity contribution < 1.29 is 24.2 Å². The molecule has 1 aromatic carbocycles. The highest BCUT2D eigenvalue weighted by Gasteiger charge is 2.79. The van der Waals surface area contributed by atoms with Gasteiger partial charge < -0.3 is 24.5 Å². The molecule has 6 atom stereocenters. The summed E-state index contributed by atoms with van der Waals surface area (Å²) in [6, 6.07) is 7.76. The number of nitrogens with zero attached hydrogens (tertiary/aromatic N) is 3. The molecular weight excluding hydrogens is 494 g/mol. The summed E-state index contributed by atoms with van der Waals surface area (Å²) in [5.41, 5.74) is -1.27. The maximum absolute atomic E-state index is 14.5. The van der Waals surface area contributed by atoms with Gasteiger partial charge >= 0.3 is 0 Å². The Labute approximate surface area is 232 Å².